The lowest BCUT2D eigenvalue weighted by molar-refractivity contribution is 0.0697. The SMILES string of the molecule is CCc1cc(Nc2cc(C(=O)O)ccn2)ccc1C. The molecule has 0 fully saturated rings. The highest BCUT2D eigenvalue weighted by Crippen LogP contribution is 2.19. The maximum absolute atomic E-state index is 10.9. The molecule has 19 heavy (non-hydrogen) atoms. The van der Waals surface area contributed by atoms with Crippen LogP contribution in [0.4, 0.5) is 11.5 Å². The number of benzene rings is 1. The van der Waals surface area contributed by atoms with Gasteiger partial charge in [-0.05, 0) is 48.7 Å². The summed E-state index contributed by atoms with van der Waals surface area (Å²) in [4.78, 5) is 15.0. The van der Waals surface area contributed by atoms with E-state index in [-0.39, 0.29) is 5.56 Å². The number of aromatic nitrogens is 1. The lowest BCUT2D eigenvalue weighted by atomic mass is 10.1. The first-order valence-electron chi connectivity index (χ1n) is 6.16. The van der Waals surface area contributed by atoms with Crippen LogP contribution in [0.25, 0.3) is 0 Å². The van der Waals surface area contributed by atoms with Crippen molar-refractivity contribution in [1.82, 2.24) is 4.98 Å². The van der Waals surface area contributed by atoms with E-state index in [0.717, 1.165) is 12.1 Å². The molecule has 0 saturated carbocycles. The van der Waals surface area contributed by atoms with Crippen LogP contribution in [0.5, 0.6) is 0 Å². The topological polar surface area (TPSA) is 62.2 Å². The second kappa shape index (κ2) is 5.52. The lowest BCUT2D eigenvalue weighted by Crippen LogP contribution is -2.00. The standard InChI is InChI=1S/C15H16N2O2/c1-3-11-8-13(5-4-10(11)2)17-14-9-12(15(18)19)6-7-16-14/h4-9H,3H2,1-2H3,(H,16,17)(H,18,19). The van der Waals surface area contributed by atoms with Crippen LogP contribution in [0.15, 0.2) is 36.5 Å². The molecule has 0 aliphatic carbocycles. The Labute approximate surface area is 112 Å². The van der Waals surface area contributed by atoms with Crippen LogP contribution in [0.1, 0.15) is 28.4 Å². The summed E-state index contributed by atoms with van der Waals surface area (Å²) in [6.45, 7) is 4.18. The number of carbonyl (C=O) groups is 1. The minimum atomic E-state index is -0.955. The Morgan fingerprint density at radius 2 is 2.11 bits per heavy atom. The fourth-order valence-corrected chi connectivity index (χ4v) is 1.91. The van der Waals surface area contributed by atoms with E-state index < -0.39 is 5.97 Å². The molecule has 2 aromatic rings. The van der Waals surface area contributed by atoms with Crippen LogP contribution >= 0.6 is 0 Å². The van der Waals surface area contributed by atoms with Crippen molar-refractivity contribution in [1.29, 1.82) is 0 Å². The minimum absolute atomic E-state index is 0.223. The Bertz CT molecular complexity index is 609. The Balaban J connectivity index is 2.26. The highest BCUT2D eigenvalue weighted by molar-refractivity contribution is 5.88. The van der Waals surface area contributed by atoms with Gasteiger partial charge >= 0.3 is 5.97 Å². The summed E-state index contributed by atoms with van der Waals surface area (Å²) in [5.74, 6) is -0.422. The molecule has 0 bridgehead atoms. The van der Waals surface area contributed by atoms with Gasteiger partial charge in [0.25, 0.3) is 0 Å². The summed E-state index contributed by atoms with van der Waals surface area (Å²) in [5, 5.41) is 12.1. The molecule has 0 aliphatic rings. The number of anilines is 2. The van der Waals surface area contributed by atoms with Crippen molar-refractivity contribution in [3.63, 3.8) is 0 Å². The Hall–Kier alpha value is -2.36. The molecule has 0 atom stereocenters. The van der Waals surface area contributed by atoms with E-state index in [1.165, 1.54) is 29.5 Å². The lowest BCUT2D eigenvalue weighted by Gasteiger charge is -2.09. The van der Waals surface area contributed by atoms with Crippen molar-refractivity contribution >= 4 is 17.5 Å². The van der Waals surface area contributed by atoms with Crippen molar-refractivity contribution in [2.75, 3.05) is 5.32 Å². The van der Waals surface area contributed by atoms with E-state index in [1.54, 1.807) is 0 Å². The van der Waals surface area contributed by atoms with Gasteiger partial charge in [-0.3, -0.25) is 0 Å². The first-order chi connectivity index (χ1) is 9.10. The van der Waals surface area contributed by atoms with Crippen LogP contribution < -0.4 is 5.32 Å². The molecule has 1 heterocycles. The predicted octanol–water partition coefficient (Wildman–Crippen LogP) is 3.39. The van der Waals surface area contributed by atoms with Gasteiger partial charge in [-0.15, -0.1) is 0 Å². The molecular formula is C15H16N2O2. The summed E-state index contributed by atoms with van der Waals surface area (Å²) in [6, 6.07) is 9.06. The van der Waals surface area contributed by atoms with Crippen molar-refractivity contribution < 1.29 is 9.90 Å². The molecule has 0 unspecified atom stereocenters. The van der Waals surface area contributed by atoms with Gasteiger partial charge in [-0.2, -0.15) is 0 Å². The molecule has 0 radical (unpaired) electrons. The number of rotatable bonds is 4. The number of hydrogen-bond donors (Lipinski definition) is 2. The number of hydrogen-bond acceptors (Lipinski definition) is 3. The summed E-state index contributed by atoms with van der Waals surface area (Å²) < 4.78 is 0. The smallest absolute Gasteiger partial charge is 0.335 e. The van der Waals surface area contributed by atoms with E-state index in [4.69, 9.17) is 5.11 Å². The fourth-order valence-electron chi connectivity index (χ4n) is 1.91. The van der Waals surface area contributed by atoms with Crippen LogP contribution in [0.2, 0.25) is 0 Å². The van der Waals surface area contributed by atoms with Gasteiger partial charge in [-0.25, -0.2) is 9.78 Å². The largest absolute Gasteiger partial charge is 0.478 e. The zero-order chi connectivity index (χ0) is 13.8. The molecule has 0 saturated heterocycles. The summed E-state index contributed by atoms with van der Waals surface area (Å²) in [6.07, 6.45) is 2.45. The zero-order valence-corrected chi connectivity index (χ0v) is 11.0. The first-order valence-corrected chi connectivity index (χ1v) is 6.16. The van der Waals surface area contributed by atoms with Gasteiger partial charge in [0, 0.05) is 11.9 Å². The highest BCUT2D eigenvalue weighted by Gasteiger charge is 2.05. The molecule has 2 N–H and O–H groups in total. The van der Waals surface area contributed by atoms with Crippen LogP contribution in [0.3, 0.4) is 0 Å². The molecule has 1 aromatic carbocycles. The second-order valence-electron chi connectivity index (χ2n) is 4.35. The third-order valence-electron chi connectivity index (χ3n) is 3.01. The summed E-state index contributed by atoms with van der Waals surface area (Å²) >= 11 is 0. The van der Waals surface area contributed by atoms with Gasteiger partial charge < -0.3 is 10.4 Å². The Morgan fingerprint density at radius 1 is 1.32 bits per heavy atom. The molecule has 4 nitrogen and oxygen atoms in total. The number of carboxylic acids is 1. The van der Waals surface area contributed by atoms with Gasteiger partial charge in [0.05, 0.1) is 5.56 Å². The van der Waals surface area contributed by atoms with E-state index in [9.17, 15) is 4.79 Å². The fraction of sp³-hybridized carbons (Fsp3) is 0.200. The molecule has 4 heteroatoms. The third-order valence-corrected chi connectivity index (χ3v) is 3.01. The molecule has 0 aliphatic heterocycles. The first kappa shape index (κ1) is 13.1. The molecule has 98 valence electrons. The maximum atomic E-state index is 10.9. The van der Waals surface area contributed by atoms with Crippen molar-refractivity contribution in [2.45, 2.75) is 20.3 Å². The average Bonchev–Trinajstić information content (AvgIpc) is 2.41. The van der Waals surface area contributed by atoms with Crippen molar-refractivity contribution in [3.05, 3.63) is 53.2 Å². The number of carboxylic acid groups (broad SMARTS) is 1. The van der Waals surface area contributed by atoms with Crippen molar-refractivity contribution in [3.8, 4) is 0 Å². The number of aryl methyl sites for hydroxylation is 2. The van der Waals surface area contributed by atoms with Gasteiger partial charge in [0.1, 0.15) is 5.82 Å². The van der Waals surface area contributed by atoms with Crippen LogP contribution in [-0.4, -0.2) is 16.1 Å². The molecule has 1 aromatic heterocycles. The molecule has 0 spiro atoms. The van der Waals surface area contributed by atoms with E-state index >= 15 is 0 Å². The van der Waals surface area contributed by atoms with E-state index in [0.29, 0.717) is 5.82 Å². The third kappa shape index (κ3) is 3.10. The molecule has 0 amide bonds. The van der Waals surface area contributed by atoms with Gasteiger partial charge in [-0.1, -0.05) is 13.0 Å². The Morgan fingerprint density at radius 3 is 2.79 bits per heavy atom. The average molecular weight is 256 g/mol. The number of nitrogens with one attached hydrogen (secondary N) is 1. The maximum Gasteiger partial charge on any atom is 0.335 e. The van der Waals surface area contributed by atoms with Gasteiger partial charge in [0.15, 0.2) is 0 Å². The van der Waals surface area contributed by atoms with E-state index in [1.807, 2.05) is 12.1 Å². The van der Waals surface area contributed by atoms with Crippen LogP contribution in [0, 0.1) is 6.92 Å². The van der Waals surface area contributed by atoms with E-state index in [2.05, 4.69) is 30.2 Å². The minimum Gasteiger partial charge on any atom is -0.478 e. The monoisotopic (exact) mass is 256 g/mol. The molecular weight excluding hydrogens is 240 g/mol. The van der Waals surface area contributed by atoms with Crippen LogP contribution in [-0.2, 0) is 6.42 Å². The zero-order valence-electron chi connectivity index (χ0n) is 11.0. The predicted molar refractivity (Wildman–Crippen MR) is 75.0 cm³/mol. The number of nitrogens with zero attached hydrogens (tertiary/aromatic N) is 1. The number of pyridine rings is 1. The van der Waals surface area contributed by atoms with Crippen molar-refractivity contribution in [2.24, 2.45) is 0 Å². The highest BCUT2D eigenvalue weighted by atomic mass is 16.4. The summed E-state index contributed by atoms with van der Waals surface area (Å²) in [5.41, 5.74) is 3.65. The Kier molecular flexibility index (Phi) is 3.80. The molecule has 2 rings (SSSR count). The van der Waals surface area contributed by atoms with Gasteiger partial charge in [0.2, 0.25) is 0 Å². The quantitative estimate of drug-likeness (QED) is 0.880. The second-order valence-corrected chi connectivity index (χ2v) is 4.35. The summed E-state index contributed by atoms with van der Waals surface area (Å²) in [7, 11) is 0. The number of aromatic carboxylic acids is 1. The normalized spacial score (nSPS) is 10.2.